The number of carbonyl (C=O) groups is 1. The van der Waals surface area contributed by atoms with Crippen molar-refractivity contribution < 1.29 is 27.1 Å². The van der Waals surface area contributed by atoms with Crippen LogP contribution in [0.3, 0.4) is 0 Å². The molecule has 0 spiro atoms. The van der Waals surface area contributed by atoms with Gasteiger partial charge >= 0.3 is 0 Å². The molecule has 10 heteroatoms. The van der Waals surface area contributed by atoms with Crippen LogP contribution in [0, 0.1) is 12.7 Å². The zero-order chi connectivity index (χ0) is 20.6. The predicted octanol–water partition coefficient (Wildman–Crippen LogP) is 3.83. The van der Waals surface area contributed by atoms with Crippen molar-refractivity contribution in [2.24, 2.45) is 0 Å². The van der Waals surface area contributed by atoms with Gasteiger partial charge in [-0.1, -0.05) is 18.5 Å². The summed E-state index contributed by atoms with van der Waals surface area (Å²) in [6.45, 7) is 3.08. The summed E-state index contributed by atoms with van der Waals surface area (Å²) in [5.41, 5.74) is -0.110. The van der Waals surface area contributed by atoms with Crippen LogP contribution in [0.4, 0.5) is 10.1 Å². The van der Waals surface area contributed by atoms with Gasteiger partial charge in [-0.15, -0.1) is 0 Å². The van der Waals surface area contributed by atoms with Crippen LogP contribution in [-0.4, -0.2) is 29.7 Å². The molecule has 1 heterocycles. The van der Waals surface area contributed by atoms with Crippen LogP contribution in [0.25, 0.3) is 11.1 Å². The lowest BCUT2D eigenvalue weighted by atomic mass is 10.2. The Kier molecular flexibility index (Phi) is 5.31. The number of oxazole rings is 1. The zero-order valence-corrected chi connectivity index (χ0v) is 16.4. The number of nitrogens with zero attached hydrogens (tertiary/aromatic N) is 1. The van der Waals surface area contributed by atoms with E-state index in [-0.39, 0.29) is 44.8 Å². The second-order valence-electron chi connectivity index (χ2n) is 6.05. The number of amides is 1. The number of hydrogen-bond acceptors (Lipinski definition) is 6. The lowest BCUT2D eigenvalue weighted by Gasteiger charge is -2.17. The maximum absolute atomic E-state index is 14.4. The number of phenolic OH excluding ortho intramolecular Hbond substituents is 1. The maximum atomic E-state index is 14.4. The Balaban J connectivity index is 1.97. The van der Waals surface area contributed by atoms with E-state index in [1.807, 2.05) is 0 Å². The number of aromatic hydroxyl groups is 1. The highest BCUT2D eigenvalue weighted by molar-refractivity contribution is 7.92. The molecule has 3 aromatic rings. The Morgan fingerprint density at radius 3 is 2.61 bits per heavy atom. The summed E-state index contributed by atoms with van der Waals surface area (Å²) in [4.78, 5) is 16.5. The van der Waals surface area contributed by atoms with Gasteiger partial charge in [-0.25, -0.2) is 17.8 Å². The third-order valence-corrected chi connectivity index (χ3v) is 6.72. The highest BCUT2D eigenvalue weighted by atomic mass is 35.5. The van der Waals surface area contributed by atoms with Crippen molar-refractivity contribution >= 4 is 44.1 Å². The highest BCUT2D eigenvalue weighted by Crippen LogP contribution is 2.34. The Labute approximate surface area is 165 Å². The molecule has 0 radical (unpaired) electrons. The number of fused-ring (bicyclic) bond motifs is 1. The van der Waals surface area contributed by atoms with E-state index in [9.17, 15) is 22.7 Å². The number of halogens is 2. The van der Waals surface area contributed by atoms with Gasteiger partial charge in [0.25, 0.3) is 0 Å². The number of nitrogens with one attached hydrogen (secondary N) is 1. The van der Waals surface area contributed by atoms with Crippen molar-refractivity contribution in [3.8, 4) is 5.75 Å². The van der Waals surface area contributed by atoms with Crippen LogP contribution in [0.5, 0.6) is 5.75 Å². The number of sulfone groups is 1. The summed E-state index contributed by atoms with van der Waals surface area (Å²) in [7, 11) is -4.08. The second-order valence-corrected chi connectivity index (χ2v) is 8.56. The quantitative estimate of drug-likeness (QED) is 0.641. The van der Waals surface area contributed by atoms with Gasteiger partial charge in [0.2, 0.25) is 5.91 Å². The summed E-state index contributed by atoms with van der Waals surface area (Å²) in [5, 5.41) is 9.89. The van der Waals surface area contributed by atoms with Crippen molar-refractivity contribution in [1.82, 2.24) is 4.98 Å². The number of phenols is 1. The van der Waals surface area contributed by atoms with E-state index in [1.165, 1.54) is 31.2 Å². The van der Waals surface area contributed by atoms with Crippen molar-refractivity contribution in [1.29, 1.82) is 0 Å². The first-order chi connectivity index (χ1) is 13.1. The standard InChI is InChI=1S/C18H16ClFN2O5S/c1-3-14(28(25,26)11-6-4-10(23)5-7-11)18(24)22-16-12(20)8-13-17(15(16)19)27-9(2)21-13/h4-8,14,23H,3H2,1-2H3,(H,22,24). The van der Waals surface area contributed by atoms with Crippen LogP contribution in [-0.2, 0) is 14.6 Å². The van der Waals surface area contributed by atoms with E-state index in [4.69, 9.17) is 16.0 Å². The first kappa shape index (κ1) is 20.1. The summed E-state index contributed by atoms with van der Waals surface area (Å²) >= 11 is 6.14. The van der Waals surface area contributed by atoms with E-state index < -0.39 is 26.8 Å². The van der Waals surface area contributed by atoms with Crippen molar-refractivity contribution in [3.63, 3.8) is 0 Å². The summed E-state index contributed by atoms with van der Waals surface area (Å²) in [5.74, 6) is -1.65. The van der Waals surface area contributed by atoms with Crippen LogP contribution in [0.2, 0.25) is 5.02 Å². The molecule has 0 saturated heterocycles. The van der Waals surface area contributed by atoms with Crippen LogP contribution < -0.4 is 5.32 Å². The van der Waals surface area contributed by atoms with Gasteiger partial charge in [-0.3, -0.25) is 4.79 Å². The molecule has 28 heavy (non-hydrogen) atoms. The Hall–Kier alpha value is -2.65. The summed E-state index contributed by atoms with van der Waals surface area (Å²) in [6, 6.07) is 5.83. The molecule has 0 bridgehead atoms. The van der Waals surface area contributed by atoms with Crippen LogP contribution in [0.1, 0.15) is 19.2 Å². The highest BCUT2D eigenvalue weighted by Gasteiger charge is 2.33. The minimum absolute atomic E-state index is 0.0576. The molecule has 0 fully saturated rings. The molecular formula is C18H16ClFN2O5S. The van der Waals surface area contributed by atoms with Gasteiger partial charge in [0.15, 0.2) is 27.1 Å². The second kappa shape index (κ2) is 7.40. The number of anilines is 1. The lowest BCUT2D eigenvalue weighted by Crippen LogP contribution is -2.35. The van der Waals surface area contributed by atoms with Gasteiger partial charge < -0.3 is 14.8 Å². The van der Waals surface area contributed by atoms with Crippen molar-refractivity contribution in [2.45, 2.75) is 30.4 Å². The number of aromatic nitrogens is 1. The molecule has 148 valence electrons. The minimum atomic E-state index is -4.08. The van der Waals surface area contributed by atoms with E-state index in [0.29, 0.717) is 0 Å². The normalized spacial score (nSPS) is 12.9. The minimum Gasteiger partial charge on any atom is -0.508 e. The monoisotopic (exact) mass is 426 g/mol. The topological polar surface area (TPSA) is 110 Å². The van der Waals surface area contributed by atoms with Gasteiger partial charge in [-0.05, 0) is 30.7 Å². The number of benzene rings is 2. The lowest BCUT2D eigenvalue weighted by molar-refractivity contribution is -0.115. The molecule has 2 N–H and O–H groups in total. The smallest absolute Gasteiger partial charge is 0.243 e. The van der Waals surface area contributed by atoms with Crippen molar-refractivity contribution in [3.05, 3.63) is 47.1 Å². The first-order valence-corrected chi connectivity index (χ1v) is 10.2. The maximum Gasteiger partial charge on any atom is 0.243 e. The van der Waals surface area contributed by atoms with Crippen molar-refractivity contribution in [2.75, 3.05) is 5.32 Å². The largest absolute Gasteiger partial charge is 0.508 e. The summed E-state index contributed by atoms with van der Waals surface area (Å²) < 4.78 is 45.3. The molecule has 7 nitrogen and oxygen atoms in total. The van der Waals surface area contributed by atoms with Gasteiger partial charge in [-0.2, -0.15) is 0 Å². The van der Waals surface area contributed by atoms with Gasteiger partial charge in [0.1, 0.15) is 21.5 Å². The molecule has 3 rings (SSSR count). The average Bonchev–Trinajstić information content (AvgIpc) is 2.99. The Bertz CT molecular complexity index is 1160. The molecule has 1 atom stereocenters. The number of rotatable bonds is 5. The fraction of sp³-hybridized carbons (Fsp3) is 0.222. The van der Waals surface area contributed by atoms with E-state index >= 15 is 0 Å². The predicted molar refractivity (Wildman–Crippen MR) is 102 cm³/mol. The Morgan fingerprint density at radius 2 is 2.00 bits per heavy atom. The van der Waals surface area contributed by atoms with Gasteiger partial charge in [0.05, 0.1) is 10.6 Å². The molecule has 0 aliphatic carbocycles. The molecular weight excluding hydrogens is 411 g/mol. The summed E-state index contributed by atoms with van der Waals surface area (Å²) in [6.07, 6.45) is -0.0576. The van der Waals surface area contributed by atoms with E-state index in [1.54, 1.807) is 6.92 Å². The molecule has 0 saturated carbocycles. The Morgan fingerprint density at radius 1 is 1.36 bits per heavy atom. The number of carbonyl (C=O) groups excluding carboxylic acids is 1. The SMILES string of the molecule is CCC(C(=O)Nc1c(F)cc2nc(C)oc2c1Cl)S(=O)(=O)c1ccc(O)cc1. The number of hydrogen-bond donors (Lipinski definition) is 2. The molecule has 1 aromatic heterocycles. The molecule has 1 amide bonds. The first-order valence-electron chi connectivity index (χ1n) is 8.24. The fourth-order valence-corrected chi connectivity index (χ4v) is 4.67. The fourth-order valence-electron chi connectivity index (χ4n) is 2.77. The zero-order valence-electron chi connectivity index (χ0n) is 14.9. The third-order valence-electron chi connectivity index (χ3n) is 4.13. The van der Waals surface area contributed by atoms with Crippen LogP contribution >= 0.6 is 11.6 Å². The number of aryl methyl sites for hydroxylation is 1. The van der Waals surface area contributed by atoms with E-state index in [2.05, 4.69) is 10.3 Å². The van der Waals surface area contributed by atoms with Gasteiger partial charge in [0, 0.05) is 13.0 Å². The third kappa shape index (κ3) is 3.55. The molecule has 2 aromatic carbocycles. The molecule has 0 aliphatic heterocycles. The average molecular weight is 427 g/mol. The van der Waals surface area contributed by atoms with E-state index in [0.717, 1.165) is 6.07 Å². The molecule has 0 aliphatic rings. The molecule has 1 unspecified atom stereocenters. The van der Waals surface area contributed by atoms with Crippen LogP contribution in [0.15, 0.2) is 39.6 Å².